The van der Waals surface area contributed by atoms with Gasteiger partial charge in [-0.05, 0) is 24.1 Å². The fraction of sp³-hybridized carbons (Fsp3) is 0.333. The quantitative estimate of drug-likeness (QED) is 0.858. The molecule has 7 heteroatoms. The average Bonchev–Trinajstić information content (AvgIpc) is 3.18. The van der Waals surface area contributed by atoms with Crippen molar-refractivity contribution in [1.29, 1.82) is 0 Å². The average molecular weight is 380 g/mol. The first-order valence-electron chi connectivity index (χ1n) is 9.55. The number of amides is 3. The fourth-order valence-electron chi connectivity index (χ4n) is 3.90. The highest BCUT2D eigenvalue weighted by Crippen LogP contribution is 2.33. The summed E-state index contributed by atoms with van der Waals surface area (Å²) in [5.74, 6) is 0. The van der Waals surface area contributed by atoms with Gasteiger partial charge in [-0.15, -0.1) is 0 Å². The molecule has 2 aliphatic heterocycles. The van der Waals surface area contributed by atoms with Gasteiger partial charge in [0.1, 0.15) is 0 Å². The van der Waals surface area contributed by atoms with Crippen LogP contribution in [0.4, 0.5) is 21.0 Å². The van der Waals surface area contributed by atoms with Gasteiger partial charge in [-0.25, -0.2) is 9.59 Å². The van der Waals surface area contributed by atoms with Crippen LogP contribution in [-0.2, 0) is 6.54 Å². The van der Waals surface area contributed by atoms with E-state index in [1.807, 2.05) is 42.5 Å². The third kappa shape index (κ3) is 3.74. The summed E-state index contributed by atoms with van der Waals surface area (Å²) in [5, 5.41) is 12.1. The maximum absolute atomic E-state index is 12.9. The molecule has 0 aliphatic carbocycles. The summed E-state index contributed by atoms with van der Waals surface area (Å²) in [6.07, 6.45) is -0.287. The van der Waals surface area contributed by atoms with Gasteiger partial charge in [0, 0.05) is 38.8 Å². The normalized spacial score (nSPS) is 18.7. The Morgan fingerprint density at radius 1 is 0.964 bits per heavy atom. The predicted molar refractivity (Wildman–Crippen MR) is 108 cm³/mol. The SMILES string of the molecule is O=C(O)N1CCC(NC(=O)N2CCN(Cc3ccccc3)c3ccccc32)C1. The molecule has 2 aromatic carbocycles. The molecule has 4 rings (SSSR count). The minimum absolute atomic E-state index is 0.141. The van der Waals surface area contributed by atoms with Gasteiger partial charge in [0.2, 0.25) is 0 Å². The fourth-order valence-corrected chi connectivity index (χ4v) is 3.90. The van der Waals surface area contributed by atoms with E-state index in [9.17, 15) is 9.59 Å². The molecule has 2 heterocycles. The number of fused-ring (bicyclic) bond motifs is 1. The van der Waals surface area contributed by atoms with Crippen LogP contribution >= 0.6 is 0 Å². The maximum Gasteiger partial charge on any atom is 0.407 e. The van der Waals surface area contributed by atoms with Crippen LogP contribution in [-0.4, -0.2) is 54.4 Å². The second-order valence-electron chi connectivity index (χ2n) is 7.21. The maximum atomic E-state index is 12.9. The molecule has 2 N–H and O–H groups in total. The molecule has 3 amide bonds. The topological polar surface area (TPSA) is 76.1 Å². The zero-order chi connectivity index (χ0) is 19.5. The van der Waals surface area contributed by atoms with Gasteiger partial charge in [0.05, 0.1) is 11.4 Å². The summed E-state index contributed by atoms with van der Waals surface area (Å²) in [7, 11) is 0. The molecular formula is C21H24N4O3. The highest BCUT2D eigenvalue weighted by atomic mass is 16.4. The number of carbonyl (C=O) groups excluding carboxylic acids is 1. The van der Waals surface area contributed by atoms with E-state index < -0.39 is 6.09 Å². The van der Waals surface area contributed by atoms with Crippen LogP contribution in [0.2, 0.25) is 0 Å². The number of anilines is 2. The van der Waals surface area contributed by atoms with E-state index in [4.69, 9.17) is 5.11 Å². The molecule has 2 aromatic rings. The zero-order valence-corrected chi connectivity index (χ0v) is 15.6. The second-order valence-corrected chi connectivity index (χ2v) is 7.21. The summed E-state index contributed by atoms with van der Waals surface area (Å²) >= 11 is 0. The van der Waals surface area contributed by atoms with E-state index in [-0.39, 0.29) is 12.1 Å². The van der Waals surface area contributed by atoms with Crippen molar-refractivity contribution in [1.82, 2.24) is 10.2 Å². The van der Waals surface area contributed by atoms with Crippen molar-refractivity contribution in [2.24, 2.45) is 0 Å². The van der Waals surface area contributed by atoms with Gasteiger partial charge in [-0.1, -0.05) is 42.5 Å². The lowest BCUT2D eigenvalue weighted by atomic mass is 10.1. The summed E-state index contributed by atoms with van der Waals surface area (Å²) in [5.41, 5.74) is 3.15. The molecule has 2 aliphatic rings. The number of likely N-dealkylation sites (tertiary alicyclic amines) is 1. The van der Waals surface area contributed by atoms with Crippen molar-refractivity contribution >= 4 is 23.5 Å². The Morgan fingerprint density at radius 3 is 2.39 bits per heavy atom. The van der Waals surface area contributed by atoms with Gasteiger partial charge in [-0.3, -0.25) is 4.90 Å². The number of para-hydroxylation sites is 2. The Hall–Kier alpha value is -3.22. The van der Waals surface area contributed by atoms with Crippen LogP contribution in [0, 0.1) is 0 Å². The standard InChI is InChI=1S/C21H24N4O3/c26-20(22-17-10-11-24(15-17)21(27)28)25-13-12-23(14-16-6-2-1-3-7-16)18-8-4-5-9-19(18)25/h1-9,17H,10-15H2,(H,22,26)(H,27,28). The Kier molecular flexibility index (Phi) is 5.06. The molecule has 28 heavy (non-hydrogen) atoms. The third-order valence-electron chi connectivity index (χ3n) is 5.35. The molecule has 1 fully saturated rings. The van der Waals surface area contributed by atoms with Crippen LogP contribution in [0.3, 0.4) is 0 Å². The van der Waals surface area contributed by atoms with Crippen molar-refractivity contribution in [3.8, 4) is 0 Å². The minimum Gasteiger partial charge on any atom is -0.465 e. The molecule has 7 nitrogen and oxygen atoms in total. The van der Waals surface area contributed by atoms with Gasteiger partial charge in [0.15, 0.2) is 0 Å². The van der Waals surface area contributed by atoms with E-state index in [0.29, 0.717) is 26.1 Å². The van der Waals surface area contributed by atoms with Crippen molar-refractivity contribution in [3.05, 3.63) is 60.2 Å². The number of carboxylic acid groups (broad SMARTS) is 1. The molecule has 0 radical (unpaired) electrons. The molecule has 0 saturated carbocycles. The van der Waals surface area contributed by atoms with Crippen molar-refractivity contribution in [2.45, 2.75) is 19.0 Å². The number of rotatable bonds is 3. The summed E-state index contributed by atoms with van der Waals surface area (Å²) in [4.78, 5) is 29.4. The second kappa shape index (κ2) is 7.80. The van der Waals surface area contributed by atoms with E-state index in [0.717, 1.165) is 24.5 Å². The lowest BCUT2D eigenvalue weighted by molar-refractivity contribution is 0.154. The van der Waals surface area contributed by atoms with Gasteiger partial charge < -0.3 is 20.2 Å². The number of nitrogens with one attached hydrogen (secondary N) is 1. The van der Waals surface area contributed by atoms with E-state index in [1.54, 1.807) is 4.90 Å². The predicted octanol–water partition coefficient (Wildman–Crippen LogP) is 2.98. The number of hydrogen-bond donors (Lipinski definition) is 2. The van der Waals surface area contributed by atoms with Crippen LogP contribution in [0.15, 0.2) is 54.6 Å². The number of hydrogen-bond acceptors (Lipinski definition) is 3. The Bertz CT molecular complexity index is 858. The molecule has 1 unspecified atom stereocenters. The first-order chi connectivity index (χ1) is 13.6. The zero-order valence-electron chi connectivity index (χ0n) is 15.6. The van der Waals surface area contributed by atoms with Crippen LogP contribution in [0.5, 0.6) is 0 Å². The number of urea groups is 1. The van der Waals surface area contributed by atoms with E-state index in [2.05, 4.69) is 22.3 Å². The highest BCUT2D eigenvalue weighted by molar-refractivity contribution is 5.97. The number of carbonyl (C=O) groups is 2. The van der Waals surface area contributed by atoms with Crippen molar-refractivity contribution < 1.29 is 14.7 Å². The molecule has 0 aromatic heterocycles. The van der Waals surface area contributed by atoms with Gasteiger partial charge >= 0.3 is 12.1 Å². The van der Waals surface area contributed by atoms with Crippen molar-refractivity contribution in [3.63, 3.8) is 0 Å². The van der Waals surface area contributed by atoms with Crippen LogP contribution in [0.25, 0.3) is 0 Å². The summed E-state index contributed by atoms with van der Waals surface area (Å²) in [6, 6.07) is 17.9. The molecular weight excluding hydrogens is 356 g/mol. The van der Waals surface area contributed by atoms with Gasteiger partial charge in [-0.2, -0.15) is 0 Å². The molecule has 0 bridgehead atoms. The molecule has 1 atom stereocenters. The molecule has 1 saturated heterocycles. The third-order valence-corrected chi connectivity index (χ3v) is 5.35. The lowest BCUT2D eigenvalue weighted by Gasteiger charge is -2.38. The minimum atomic E-state index is -0.934. The first-order valence-corrected chi connectivity index (χ1v) is 9.55. The van der Waals surface area contributed by atoms with Gasteiger partial charge in [0.25, 0.3) is 0 Å². The summed E-state index contributed by atoms with van der Waals surface area (Å²) < 4.78 is 0. The lowest BCUT2D eigenvalue weighted by Crippen LogP contribution is -2.51. The first kappa shape index (κ1) is 18.2. The Balaban J connectivity index is 1.47. The molecule has 146 valence electrons. The smallest absolute Gasteiger partial charge is 0.407 e. The molecule has 0 spiro atoms. The largest absolute Gasteiger partial charge is 0.465 e. The van der Waals surface area contributed by atoms with E-state index in [1.165, 1.54) is 10.5 Å². The van der Waals surface area contributed by atoms with Crippen molar-refractivity contribution in [2.75, 3.05) is 36.0 Å². The van der Waals surface area contributed by atoms with Crippen LogP contribution in [0.1, 0.15) is 12.0 Å². The number of nitrogens with zero attached hydrogens (tertiary/aromatic N) is 3. The Labute approximate surface area is 164 Å². The Morgan fingerprint density at radius 2 is 1.68 bits per heavy atom. The van der Waals surface area contributed by atoms with E-state index >= 15 is 0 Å². The monoisotopic (exact) mass is 380 g/mol. The highest BCUT2D eigenvalue weighted by Gasteiger charge is 2.31. The van der Waals surface area contributed by atoms with Crippen LogP contribution < -0.4 is 15.1 Å². The summed E-state index contributed by atoms with van der Waals surface area (Å²) in [6.45, 7) is 2.93. The number of benzene rings is 2.